The molecule has 1 aromatic heterocycles. The van der Waals surface area contributed by atoms with E-state index in [4.69, 9.17) is 17.3 Å². The second kappa shape index (κ2) is 7.58. The minimum Gasteiger partial charge on any atom is -0.365 e. The van der Waals surface area contributed by atoms with E-state index in [1.165, 1.54) is 16.2 Å². The van der Waals surface area contributed by atoms with E-state index >= 15 is 0 Å². The number of thiophene rings is 1. The van der Waals surface area contributed by atoms with E-state index in [9.17, 15) is 9.59 Å². The van der Waals surface area contributed by atoms with Gasteiger partial charge in [0.2, 0.25) is 5.91 Å². The van der Waals surface area contributed by atoms with Gasteiger partial charge >= 0.3 is 0 Å². The molecule has 0 bridgehead atoms. The highest BCUT2D eigenvalue weighted by atomic mass is 35.5. The lowest BCUT2D eigenvalue weighted by Crippen LogP contribution is -2.19. The lowest BCUT2D eigenvalue weighted by atomic mass is 9.88. The van der Waals surface area contributed by atoms with Crippen molar-refractivity contribution in [1.82, 2.24) is 0 Å². The summed E-state index contributed by atoms with van der Waals surface area (Å²) in [6, 6.07) is 7.48. The van der Waals surface area contributed by atoms with Crippen LogP contribution in [0.5, 0.6) is 0 Å². The second-order valence-electron chi connectivity index (χ2n) is 6.60. The van der Waals surface area contributed by atoms with Gasteiger partial charge in [-0.3, -0.25) is 9.59 Å². The summed E-state index contributed by atoms with van der Waals surface area (Å²) in [6.07, 6.45) is 3.77. The van der Waals surface area contributed by atoms with E-state index in [0.717, 1.165) is 30.4 Å². The number of carbonyl (C=O) groups is 2. The molecule has 25 heavy (non-hydrogen) atoms. The van der Waals surface area contributed by atoms with Gasteiger partial charge in [0, 0.05) is 16.3 Å². The number of halogens is 1. The summed E-state index contributed by atoms with van der Waals surface area (Å²) in [6.45, 7) is 2.20. The Bertz CT molecular complexity index is 816. The monoisotopic (exact) mass is 376 g/mol. The van der Waals surface area contributed by atoms with Gasteiger partial charge in [-0.05, 0) is 54.9 Å². The fourth-order valence-electron chi connectivity index (χ4n) is 3.24. The standard InChI is InChI=1S/C19H21ClN2O2S/c1-11-5-7-14-15(9-11)25-19(17(14)18(21)24)22-16(23)8-6-12-3-2-4-13(20)10-12/h2-4,10-11H,5-9H2,1H3,(H2,21,24)(H,22,23). The molecule has 1 unspecified atom stereocenters. The first-order chi connectivity index (χ1) is 11.9. The number of anilines is 1. The molecule has 1 aromatic carbocycles. The second-order valence-corrected chi connectivity index (χ2v) is 8.14. The molecule has 1 aliphatic rings. The predicted octanol–water partition coefficient (Wildman–Crippen LogP) is 4.20. The zero-order valence-corrected chi connectivity index (χ0v) is 15.7. The number of benzene rings is 1. The van der Waals surface area contributed by atoms with E-state index in [-0.39, 0.29) is 5.91 Å². The van der Waals surface area contributed by atoms with E-state index in [1.807, 2.05) is 18.2 Å². The molecule has 132 valence electrons. The molecule has 0 spiro atoms. The van der Waals surface area contributed by atoms with Gasteiger partial charge in [0.25, 0.3) is 5.91 Å². The average Bonchev–Trinajstić information content (AvgIpc) is 2.90. The number of hydrogen-bond donors (Lipinski definition) is 2. The molecule has 0 saturated heterocycles. The van der Waals surface area contributed by atoms with Crippen molar-refractivity contribution in [2.45, 2.75) is 39.0 Å². The van der Waals surface area contributed by atoms with Crippen LogP contribution in [0.3, 0.4) is 0 Å². The Hall–Kier alpha value is -1.85. The lowest BCUT2D eigenvalue weighted by Gasteiger charge is -2.18. The summed E-state index contributed by atoms with van der Waals surface area (Å²) in [7, 11) is 0. The SMILES string of the molecule is CC1CCc2c(sc(NC(=O)CCc3cccc(Cl)c3)c2C(N)=O)C1. The summed E-state index contributed by atoms with van der Waals surface area (Å²) in [5.74, 6) is 0.0181. The Morgan fingerprint density at radius 2 is 2.20 bits per heavy atom. The molecule has 0 radical (unpaired) electrons. The molecule has 2 aromatic rings. The van der Waals surface area contributed by atoms with Gasteiger partial charge in [-0.15, -0.1) is 11.3 Å². The zero-order chi connectivity index (χ0) is 18.0. The molecular formula is C19H21ClN2O2S. The van der Waals surface area contributed by atoms with Crippen molar-refractivity contribution in [3.05, 3.63) is 50.9 Å². The molecule has 0 aliphatic heterocycles. The van der Waals surface area contributed by atoms with Gasteiger partial charge in [-0.1, -0.05) is 30.7 Å². The number of nitrogens with two attached hydrogens (primary N) is 1. The fourth-order valence-corrected chi connectivity index (χ4v) is 4.88. The van der Waals surface area contributed by atoms with Crippen LogP contribution in [0.1, 0.15) is 46.1 Å². The number of primary amides is 1. The smallest absolute Gasteiger partial charge is 0.251 e. The summed E-state index contributed by atoms with van der Waals surface area (Å²) in [4.78, 5) is 25.4. The van der Waals surface area contributed by atoms with Gasteiger partial charge in [0.05, 0.1) is 5.56 Å². The molecule has 4 nitrogen and oxygen atoms in total. The normalized spacial score (nSPS) is 16.3. The van der Waals surface area contributed by atoms with Crippen molar-refractivity contribution in [1.29, 1.82) is 0 Å². The molecule has 3 N–H and O–H groups in total. The molecule has 0 saturated carbocycles. The van der Waals surface area contributed by atoms with Crippen LogP contribution in [0.15, 0.2) is 24.3 Å². The molecule has 1 heterocycles. The maximum atomic E-state index is 12.3. The number of carbonyl (C=O) groups excluding carboxylic acids is 2. The third kappa shape index (κ3) is 4.22. The highest BCUT2D eigenvalue weighted by molar-refractivity contribution is 7.17. The van der Waals surface area contributed by atoms with E-state index in [1.54, 1.807) is 6.07 Å². The van der Waals surface area contributed by atoms with Crippen molar-refractivity contribution in [2.24, 2.45) is 11.7 Å². The Kier molecular flexibility index (Phi) is 5.45. The van der Waals surface area contributed by atoms with Crippen LogP contribution < -0.4 is 11.1 Å². The zero-order valence-electron chi connectivity index (χ0n) is 14.1. The molecule has 2 amide bonds. The van der Waals surface area contributed by atoms with Crippen molar-refractivity contribution in [3.8, 4) is 0 Å². The van der Waals surface area contributed by atoms with Crippen LogP contribution in [0.2, 0.25) is 5.02 Å². The Morgan fingerprint density at radius 3 is 2.92 bits per heavy atom. The summed E-state index contributed by atoms with van der Waals surface area (Å²) >= 11 is 7.46. The minimum absolute atomic E-state index is 0.117. The Balaban J connectivity index is 1.71. The molecule has 1 atom stereocenters. The Labute approximate surface area is 156 Å². The van der Waals surface area contributed by atoms with Gasteiger partial charge in [0.1, 0.15) is 5.00 Å². The fraction of sp³-hybridized carbons (Fsp3) is 0.368. The van der Waals surface area contributed by atoms with E-state index in [0.29, 0.717) is 34.3 Å². The first-order valence-electron chi connectivity index (χ1n) is 8.42. The largest absolute Gasteiger partial charge is 0.365 e. The third-order valence-electron chi connectivity index (χ3n) is 4.54. The average molecular weight is 377 g/mol. The molecular weight excluding hydrogens is 356 g/mol. The van der Waals surface area contributed by atoms with Gasteiger partial charge in [-0.2, -0.15) is 0 Å². The van der Waals surface area contributed by atoms with Crippen molar-refractivity contribution >= 4 is 39.8 Å². The molecule has 0 fully saturated rings. The summed E-state index contributed by atoms with van der Waals surface area (Å²) in [5, 5.41) is 4.16. The van der Waals surface area contributed by atoms with Crippen LogP contribution in [0.25, 0.3) is 0 Å². The summed E-state index contributed by atoms with van der Waals surface area (Å²) in [5.41, 5.74) is 8.12. The first kappa shape index (κ1) is 18.0. The third-order valence-corrected chi connectivity index (χ3v) is 5.95. The van der Waals surface area contributed by atoms with Crippen molar-refractivity contribution in [3.63, 3.8) is 0 Å². The molecule has 6 heteroatoms. The Morgan fingerprint density at radius 1 is 1.40 bits per heavy atom. The number of rotatable bonds is 5. The van der Waals surface area contributed by atoms with Gasteiger partial charge in [-0.25, -0.2) is 0 Å². The van der Waals surface area contributed by atoms with E-state index in [2.05, 4.69) is 12.2 Å². The number of amides is 2. The molecule has 3 rings (SSSR count). The van der Waals surface area contributed by atoms with E-state index < -0.39 is 5.91 Å². The minimum atomic E-state index is -0.461. The molecule has 1 aliphatic carbocycles. The van der Waals surface area contributed by atoms with Crippen LogP contribution in [0.4, 0.5) is 5.00 Å². The number of hydrogen-bond acceptors (Lipinski definition) is 3. The maximum absolute atomic E-state index is 12.3. The predicted molar refractivity (Wildman–Crippen MR) is 102 cm³/mol. The first-order valence-corrected chi connectivity index (χ1v) is 9.62. The maximum Gasteiger partial charge on any atom is 0.251 e. The van der Waals surface area contributed by atoms with Crippen LogP contribution in [0, 0.1) is 5.92 Å². The number of fused-ring (bicyclic) bond motifs is 1. The highest BCUT2D eigenvalue weighted by Crippen LogP contribution is 2.39. The van der Waals surface area contributed by atoms with Crippen LogP contribution in [-0.2, 0) is 24.1 Å². The lowest BCUT2D eigenvalue weighted by molar-refractivity contribution is -0.116. The topological polar surface area (TPSA) is 72.2 Å². The van der Waals surface area contributed by atoms with Gasteiger partial charge < -0.3 is 11.1 Å². The number of aryl methyl sites for hydroxylation is 1. The van der Waals surface area contributed by atoms with Crippen LogP contribution in [-0.4, -0.2) is 11.8 Å². The van der Waals surface area contributed by atoms with Crippen molar-refractivity contribution < 1.29 is 9.59 Å². The van der Waals surface area contributed by atoms with Crippen LogP contribution >= 0.6 is 22.9 Å². The highest BCUT2D eigenvalue weighted by Gasteiger charge is 2.27. The summed E-state index contributed by atoms with van der Waals surface area (Å²) < 4.78 is 0. The number of nitrogens with one attached hydrogen (secondary N) is 1. The van der Waals surface area contributed by atoms with Crippen molar-refractivity contribution in [2.75, 3.05) is 5.32 Å². The quantitative estimate of drug-likeness (QED) is 0.820. The van der Waals surface area contributed by atoms with Gasteiger partial charge in [0.15, 0.2) is 0 Å².